The van der Waals surface area contributed by atoms with Crippen molar-refractivity contribution in [1.29, 1.82) is 0 Å². The molecule has 4 aliphatic heterocycles. The maximum atomic E-state index is 16.0. The second kappa shape index (κ2) is 16.0. The lowest BCUT2D eigenvalue weighted by molar-refractivity contribution is -0.146. The van der Waals surface area contributed by atoms with Gasteiger partial charge in [-0.3, -0.25) is 28.9 Å². The molecule has 1 spiro atoms. The number of methoxy groups -OCH3 is 1. The van der Waals surface area contributed by atoms with Gasteiger partial charge in [-0.15, -0.1) is 5.10 Å². The summed E-state index contributed by atoms with van der Waals surface area (Å²) in [6.07, 6.45) is 2.35. The Labute approximate surface area is 399 Å². The Morgan fingerprint density at radius 3 is 1.97 bits per heavy atom. The van der Waals surface area contributed by atoms with Gasteiger partial charge in [0.05, 0.1) is 53.6 Å². The number of carbonyl (C=O) groups excluding carboxylic acids is 3. The number of aliphatic hydroxyl groups excluding tert-OH is 1. The van der Waals surface area contributed by atoms with E-state index in [2.05, 4.69) is 43.2 Å². The fourth-order valence-corrected chi connectivity index (χ4v) is 12.1. The van der Waals surface area contributed by atoms with Crippen LogP contribution in [-0.2, 0) is 40.1 Å². The molecule has 0 saturated carbocycles. The first-order chi connectivity index (χ1) is 33.5. The lowest BCUT2D eigenvalue weighted by atomic mass is 9.63. The summed E-state index contributed by atoms with van der Waals surface area (Å²) in [5.41, 5.74) is 6.48. The van der Waals surface area contributed by atoms with Crippen molar-refractivity contribution in [2.75, 3.05) is 28.4 Å². The van der Waals surface area contributed by atoms with Gasteiger partial charge in [0.15, 0.2) is 5.60 Å². The first kappa shape index (κ1) is 42.7. The predicted octanol–water partition coefficient (Wildman–Crippen LogP) is 10.2. The van der Waals surface area contributed by atoms with Gasteiger partial charge in [0.25, 0.3) is 17.7 Å². The van der Waals surface area contributed by atoms with Gasteiger partial charge in [0.1, 0.15) is 5.75 Å². The highest BCUT2D eigenvalue weighted by Crippen LogP contribution is 2.61. The van der Waals surface area contributed by atoms with Crippen LogP contribution in [0, 0.1) is 11.8 Å². The van der Waals surface area contributed by atoms with Crippen molar-refractivity contribution in [3.8, 4) is 5.75 Å². The number of aryl methyl sites for hydroxylation is 1. The number of carbonyl (C=O) groups is 3. The molecule has 0 unspecified atom stereocenters. The molecule has 1 aromatic heterocycles. The number of amides is 3. The third-order valence-electron chi connectivity index (χ3n) is 15.3. The molecule has 3 amide bonds. The van der Waals surface area contributed by atoms with Gasteiger partial charge in [0.2, 0.25) is 0 Å². The van der Waals surface area contributed by atoms with Gasteiger partial charge in [0, 0.05) is 65.3 Å². The van der Waals surface area contributed by atoms with Crippen LogP contribution in [0.2, 0.25) is 0 Å². The van der Waals surface area contributed by atoms with E-state index in [1.54, 1.807) is 21.6 Å². The van der Waals surface area contributed by atoms with E-state index in [0.717, 1.165) is 55.5 Å². The lowest BCUT2D eigenvalue weighted by Gasteiger charge is -2.38. The van der Waals surface area contributed by atoms with Crippen molar-refractivity contribution in [3.05, 3.63) is 179 Å². The van der Waals surface area contributed by atoms with E-state index in [9.17, 15) is 14.7 Å². The summed E-state index contributed by atoms with van der Waals surface area (Å²) in [5.74, 6) is -0.180. The van der Waals surface area contributed by atoms with Crippen LogP contribution in [0.15, 0.2) is 146 Å². The maximum Gasteiger partial charge on any atom is 0.264 e. The molecule has 0 bridgehead atoms. The molecule has 5 heterocycles. The van der Waals surface area contributed by atoms with E-state index in [1.165, 1.54) is 0 Å². The van der Waals surface area contributed by atoms with Crippen molar-refractivity contribution in [3.63, 3.8) is 0 Å². The average Bonchev–Trinajstić information content (AvgIpc) is 4.15. The number of aromatic nitrogens is 3. The zero-order valence-electron chi connectivity index (χ0n) is 38.8. The summed E-state index contributed by atoms with van der Waals surface area (Å²) in [6.45, 7) is 7.27. The summed E-state index contributed by atoms with van der Waals surface area (Å²) >= 11 is 0. The topological polar surface area (TPSA) is 130 Å². The minimum Gasteiger partial charge on any atom is -0.497 e. The lowest BCUT2D eigenvalue weighted by Crippen LogP contribution is -2.45. The summed E-state index contributed by atoms with van der Waals surface area (Å²) in [7, 11) is 1.66. The van der Waals surface area contributed by atoms with Crippen molar-refractivity contribution >= 4 is 67.7 Å². The zero-order valence-corrected chi connectivity index (χ0v) is 38.8. The monoisotopic (exact) mass is 914 g/mol. The highest BCUT2D eigenvalue weighted by Gasteiger charge is 2.66. The quantitative estimate of drug-likeness (QED) is 0.128. The first-order valence-corrected chi connectivity index (χ1v) is 23.6. The van der Waals surface area contributed by atoms with Crippen molar-refractivity contribution in [2.45, 2.75) is 63.8 Å². The molecule has 12 rings (SSSR count). The molecule has 1 fully saturated rings. The zero-order chi connectivity index (χ0) is 47.3. The van der Waals surface area contributed by atoms with Gasteiger partial charge in [-0.25, -0.2) is 0 Å². The number of rotatable bonds is 12. The molecule has 4 atom stereocenters. The van der Waals surface area contributed by atoms with Crippen LogP contribution in [0.3, 0.4) is 0 Å². The molecular weight excluding hydrogens is 865 g/mol. The van der Waals surface area contributed by atoms with E-state index in [1.807, 2.05) is 138 Å². The molecular formula is C57H50N6O6. The number of ether oxygens (including phenoxy) is 2. The number of nitrogens with zero attached hydrogens (tertiary/aromatic N) is 6. The Bertz CT molecular complexity index is 3390. The van der Waals surface area contributed by atoms with Crippen LogP contribution < -0.4 is 19.4 Å². The normalized spacial score (nSPS) is 20.4. The van der Waals surface area contributed by atoms with E-state index < -0.39 is 17.1 Å². The SMILES string of the molecule is COc1ccc(C(C)(C)[C@H]2[C@H](CCn3cc(CCO)nn3)O[C@@]3(C(=O)N(Cc4ccc(N5C(=O)c6cccc7cccc5c67)cc4)c4ccc(N5C(=O)c6cccc7cccc5c67)cc43)[C@@H]2C)cc1. The molecule has 12 nitrogen and oxygen atoms in total. The Balaban J connectivity index is 0.956. The second-order valence-electron chi connectivity index (χ2n) is 19.3. The van der Waals surface area contributed by atoms with Gasteiger partial charge in [-0.05, 0) is 100 Å². The van der Waals surface area contributed by atoms with Crippen LogP contribution in [0.25, 0.3) is 21.5 Å². The highest BCUT2D eigenvalue weighted by molar-refractivity contribution is 6.29. The molecule has 0 aliphatic carbocycles. The van der Waals surface area contributed by atoms with Gasteiger partial charge in [-0.1, -0.05) is 98.8 Å². The largest absolute Gasteiger partial charge is 0.497 e. The van der Waals surface area contributed by atoms with Crippen LogP contribution in [-0.4, -0.2) is 57.6 Å². The third kappa shape index (κ3) is 6.38. The summed E-state index contributed by atoms with van der Waals surface area (Å²) < 4.78 is 14.9. The van der Waals surface area contributed by atoms with Crippen molar-refractivity contribution < 1.29 is 29.0 Å². The highest BCUT2D eigenvalue weighted by atomic mass is 16.5. The van der Waals surface area contributed by atoms with Crippen LogP contribution in [0.5, 0.6) is 5.75 Å². The van der Waals surface area contributed by atoms with E-state index >= 15 is 4.79 Å². The summed E-state index contributed by atoms with van der Waals surface area (Å²) in [5, 5.41) is 22.1. The molecule has 1 saturated heterocycles. The Morgan fingerprint density at radius 2 is 1.35 bits per heavy atom. The van der Waals surface area contributed by atoms with Crippen molar-refractivity contribution in [1.82, 2.24) is 15.0 Å². The van der Waals surface area contributed by atoms with Crippen LogP contribution >= 0.6 is 0 Å². The Kier molecular flexibility index (Phi) is 9.87. The van der Waals surface area contributed by atoms with E-state index in [0.29, 0.717) is 53.1 Å². The molecule has 4 aliphatic rings. The summed E-state index contributed by atoms with van der Waals surface area (Å²) in [6, 6.07) is 45.5. The molecule has 0 radical (unpaired) electrons. The Hall–Kier alpha value is -7.67. The molecule has 344 valence electrons. The number of hydrogen-bond acceptors (Lipinski definition) is 8. The van der Waals surface area contributed by atoms with Gasteiger partial charge < -0.3 is 19.5 Å². The molecule has 1 N–H and O–H groups in total. The number of anilines is 5. The molecule has 12 heteroatoms. The van der Waals surface area contributed by atoms with Gasteiger partial charge in [-0.2, -0.15) is 0 Å². The number of aliphatic hydroxyl groups is 1. The maximum absolute atomic E-state index is 16.0. The fraction of sp³-hybridized carbons (Fsp3) is 0.246. The Morgan fingerprint density at radius 1 is 0.739 bits per heavy atom. The fourth-order valence-electron chi connectivity index (χ4n) is 12.1. The van der Waals surface area contributed by atoms with Gasteiger partial charge >= 0.3 is 0 Å². The predicted molar refractivity (Wildman–Crippen MR) is 266 cm³/mol. The molecule has 69 heavy (non-hydrogen) atoms. The third-order valence-corrected chi connectivity index (χ3v) is 15.3. The van der Waals surface area contributed by atoms with Crippen LogP contribution in [0.1, 0.15) is 70.3 Å². The number of hydrogen-bond donors (Lipinski definition) is 1. The smallest absolute Gasteiger partial charge is 0.264 e. The second-order valence-corrected chi connectivity index (χ2v) is 19.3. The minimum absolute atomic E-state index is 0.0270. The molecule has 7 aromatic carbocycles. The number of fused-ring (bicyclic) bond motifs is 2. The van der Waals surface area contributed by atoms with E-state index in [4.69, 9.17) is 9.47 Å². The number of benzene rings is 7. The molecule has 8 aromatic rings. The average molecular weight is 915 g/mol. The summed E-state index contributed by atoms with van der Waals surface area (Å²) in [4.78, 5) is 49.6. The van der Waals surface area contributed by atoms with Crippen LogP contribution in [0.4, 0.5) is 28.4 Å². The van der Waals surface area contributed by atoms with Crippen molar-refractivity contribution in [2.24, 2.45) is 11.8 Å². The minimum atomic E-state index is -1.44. The van der Waals surface area contributed by atoms with E-state index in [-0.39, 0.29) is 42.7 Å². The first-order valence-electron chi connectivity index (χ1n) is 23.6. The standard InChI is InChI=1S/C57H50N6O6/c1-34-52(56(2,3)38-19-24-42(68-4)25-20-38)49(27-29-60-33-39(28-30-64)58-59-60)69-57(34)45-31-41(63-48-16-8-12-37-10-6-14-44(51(37)48)54(63)66)23-26-46(45)61(55(57)67)32-35-17-21-40(22-18-35)62-47-15-7-11-36-9-5-13-43(50(36)47)53(62)65/h5-26,31,33-34,49,52,64H,27-30,32H2,1-4H3/t34-,49+,52-,57+/m1/s1.